The van der Waals surface area contributed by atoms with Crippen LogP contribution < -0.4 is 14.8 Å². The maximum atomic E-state index is 13.0. The van der Waals surface area contributed by atoms with Crippen molar-refractivity contribution in [3.8, 4) is 5.75 Å². The van der Waals surface area contributed by atoms with E-state index in [9.17, 15) is 13.2 Å². The van der Waals surface area contributed by atoms with Crippen LogP contribution in [-0.2, 0) is 14.8 Å². The van der Waals surface area contributed by atoms with E-state index in [4.69, 9.17) is 9.47 Å². The molecule has 0 radical (unpaired) electrons. The number of amides is 1. The third kappa shape index (κ3) is 6.11. The molecule has 1 amide bonds. The number of benzene rings is 3. The van der Waals surface area contributed by atoms with E-state index in [2.05, 4.69) is 10.0 Å². The number of methoxy groups -OCH3 is 1. The first-order chi connectivity index (χ1) is 16.4. The summed E-state index contributed by atoms with van der Waals surface area (Å²) in [6.45, 7) is 0.792. The van der Waals surface area contributed by atoms with Crippen molar-refractivity contribution < 1.29 is 22.7 Å². The van der Waals surface area contributed by atoms with Crippen molar-refractivity contribution >= 4 is 39.1 Å². The molecule has 0 spiro atoms. The SMILES string of the molecule is COc1ccc(NS(=O)(=O)c2cccc(NC(=O)c3ccccc3SCC3CCCO3)c2)cc1. The summed E-state index contributed by atoms with van der Waals surface area (Å²) < 4.78 is 39.0. The molecule has 3 aromatic rings. The first kappa shape index (κ1) is 24.1. The number of thioether (sulfide) groups is 1. The minimum atomic E-state index is -3.84. The van der Waals surface area contributed by atoms with Gasteiger partial charge in [-0.25, -0.2) is 8.42 Å². The topological polar surface area (TPSA) is 93.7 Å². The number of rotatable bonds is 9. The Morgan fingerprint density at radius 3 is 2.59 bits per heavy atom. The van der Waals surface area contributed by atoms with Crippen molar-refractivity contribution in [2.45, 2.75) is 28.7 Å². The zero-order chi connectivity index (χ0) is 24.0. The first-order valence-corrected chi connectivity index (χ1v) is 13.3. The van der Waals surface area contributed by atoms with E-state index in [0.29, 0.717) is 22.7 Å². The lowest BCUT2D eigenvalue weighted by Crippen LogP contribution is -2.16. The normalized spacial score (nSPS) is 15.6. The first-order valence-electron chi connectivity index (χ1n) is 10.9. The van der Waals surface area contributed by atoms with E-state index in [1.807, 2.05) is 18.2 Å². The molecule has 2 N–H and O–H groups in total. The fourth-order valence-corrected chi connectivity index (χ4v) is 5.77. The number of carbonyl (C=O) groups excluding carboxylic acids is 1. The van der Waals surface area contributed by atoms with Gasteiger partial charge in [0.1, 0.15) is 5.75 Å². The van der Waals surface area contributed by atoms with Gasteiger partial charge < -0.3 is 14.8 Å². The maximum Gasteiger partial charge on any atom is 0.261 e. The van der Waals surface area contributed by atoms with Crippen molar-refractivity contribution in [3.63, 3.8) is 0 Å². The number of sulfonamides is 1. The number of nitrogens with one attached hydrogen (secondary N) is 2. The van der Waals surface area contributed by atoms with Crippen LogP contribution in [0.25, 0.3) is 0 Å². The zero-order valence-corrected chi connectivity index (χ0v) is 20.3. The molecule has 1 aliphatic rings. The van der Waals surface area contributed by atoms with Gasteiger partial charge in [-0.3, -0.25) is 9.52 Å². The molecule has 1 aliphatic heterocycles. The third-order valence-corrected chi connectivity index (χ3v) is 7.91. The Bertz CT molecular complexity index is 1240. The summed E-state index contributed by atoms with van der Waals surface area (Å²) >= 11 is 1.59. The van der Waals surface area contributed by atoms with Gasteiger partial charge in [0.2, 0.25) is 0 Å². The van der Waals surface area contributed by atoms with Crippen molar-refractivity contribution in [1.29, 1.82) is 0 Å². The Balaban J connectivity index is 1.46. The highest BCUT2D eigenvalue weighted by atomic mass is 32.2. The maximum absolute atomic E-state index is 13.0. The number of hydrogen-bond donors (Lipinski definition) is 2. The molecule has 178 valence electrons. The molecule has 1 fully saturated rings. The highest BCUT2D eigenvalue weighted by Gasteiger charge is 2.19. The van der Waals surface area contributed by atoms with Crippen LogP contribution in [0.5, 0.6) is 5.75 Å². The van der Waals surface area contributed by atoms with Gasteiger partial charge in [-0.15, -0.1) is 11.8 Å². The summed E-state index contributed by atoms with van der Waals surface area (Å²) in [6.07, 6.45) is 2.31. The molecular weight excluding hydrogens is 472 g/mol. The molecule has 1 saturated heterocycles. The minimum absolute atomic E-state index is 0.0437. The monoisotopic (exact) mass is 498 g/mol. The fraction of sp³-hybridized carbons (Fsp3) is 0.240. The van der Waals surface area contributed by atoms with Crippen LogP contribution in [0.4, 0.5) is 11.4 Å². The second-order valence-corrected chi connectivity index (χ2v) is 10.5. The van der Waals surface area contributed by atoms with Gasteiger partial charge in [-0.1, -0.05) is 18.2 Å². The van der Waals surface area contributed by atoms with E-state index in [1.165, 1.54) is 12.1 Å². The van der Waals surface area contributed by atoms with Crippen molar-refractivity contribution in [1.82, 2.24) is 0 Å². The van der Waals surface area contributed by atoms with Crippen LogP contribution in [0.15, 0.2) is 82.6 Å². The van der Waals surface area contributed by atoms with Crippen molar-refractivity contribution in [3.05, 3.63) is 78.4 Å². The van der Waals surface area contributed by atoms with Crippen LogP contribution in [0, 0.1) is 0 Å². The standard InChI is InChI=1S/C25H26N2O5S2/c1-31-20-13-11-18(12-14-20)27-34(29,30)22-8-4-6-19(16-22)26-25(28)23-9-2-3-10-24(23)33-17-21-7-5-15-32-21/h2-4,6,8-14,16,21,27H,5,7,15,17H2,1H3,(H,26,28). The molecule has 9 heteroatoms. The van der Waals surface area contributed by atoms with Crippen LogP contribution in [-0.4, -0.2) is 39.9 Å². The fourth-order valence-electron chi connectivity index (χ4n) is 3.55. The molecule has 0 saturated carbocycles. The molecule has 34 heavy (non-hydrogen) atoms. The van der Waals surface area contributed by atoms with Gasteiger partial charge in [0.15, 0.2) is 0 Å². The van der Waals surface area contributed by atoms with Crippen LogP contribution in [0.1, 0.15) is 23.2 Å². The molecule has 1 heterocycles. The summed E-state index contributed by atoms with van der Waals surface area (Å²) in [4.78, 5) is 13.9. The Kier molecular flexibility index (Phi) is 7.77. The largest absolute Gasteiger partial charge is 0.497 e. The van der Waals surface area contributed by atoms with E-state index in [1.54, 1.807) is 61.3 Å². The lowest BCUT2D eigenvalue weighted by molar-refractivity contribution is 0.102. The highest BCUT2D eigenvalue weighted by molar-refractivity contribution is 7.99. The van der Waals surface area contributed by atoms with Crippen molar-refractivity contribution in [2.24, 2.45) is 0 Å². The second-order valence-electron chi connectivity index (χ2n) is 7.76. The summed E-state index contributed by atoms with van der Waals surface area (Å²) in [5.41, 5.74) is 1.34. The van der Waals surface area contributed by atoms with E-state index in [-0.39, 0.29) is 16.9 Å². The third-order valence-electron chi connectivity index (χ3n) is 5.32. The summed E-state index contributed by atoms with van der Waals surface area (Å²) in [6, 6.07) is 20.1. The molecule has 0 bridgehead atoms. The van der Waals surface area contributed by atoms with Crippen molar-refractivity contribution in [2.75, 3.05) is 29.5 Å². The second kappa shape index (κ2) is 10.9. The molecule has 4 rings (SSSR count). The number of ether oxygens (including phenoxy) is 2. The number of anilines is 2. The Hall–Kier alpha value is -3.01. The van der Waals surface area contributed by atoms with Gasteiger partial charge in [-0.05, 0) is 67.4 Å². The number of hydrogen-bond acceptors (Lipinski definition) is 6. The number of carbonyl (C=O) groups is 1. The predicted octanol–water partition coefficient (Wildman–Crippen LogP) is 5.02. The summed E-state index contributed by atoms with van der Waals surface area (Å²) in [7, 11) is -2.30. The van der Waals surface area contributed by atoms with Gasteiger partial charge in [0.05, 0.1) is 23.7 Å². The predicted molar refractivity (Wildman–Crippen MR) is 134 cm³/mol. The Labute approximate surface area is 203 Å². The average molecular weight is 499 g/mol. The quantitative estimate of drug-likeness (QED) is 0.403. The van der Waals surface area contributed by atoms with Crippen LogP contribution in [0.2, 0.25) is 0 Å². The highest BCUT2D eigenvalue weighted by Crippen LogP contribution is 2.28. The van der Waals surface area contributed by atoms with E-state index < -0.39 is 10.0 Å². The molecular formula is C25H26N2O5S2. The molecule has 7 nitrogen and oxygen atoms in total. The van der Waals surface area contributed by atoms with Gasteiger partial charge >= 0.3 is 0 Å². The minimum Gasteiger partial charge on any atom is -0.497 e. The Morgan fingerprint density at radius 1 is 1.06 bits per heavy atom. The van der Waals surface area contributed by atoms with Crippen LogP contribution in [0.3, 0.4) is 0 Å². The summed E-state index contributed by atoms with van der Waals surface area (Å²) in [5.74, 6) is 1.12. The smallest absolute Gasteiger partial charge is 0.261 e. The van der Waals surface area contributed by atoms with Gasteiger partial charge in [0.25, 0.3) is 15.9 Å². The average Bonchev–Trinajstić information content (AvgIpc) is 3.37. The van der Waals surface area contributed by atoms with Gasteiger partial charge in [-0.2, -0.15) is 0 Å². The van der Waals surface area contributed by atoms with Gasteiger partial charge in [0, 0.05) is 28.6 Å². The zero-order valence-electron chi connectivity index (χ0n) is 18.7. The summed E-state index contributed by atoms with van der Waals surface area (Å²) in [5, 5.41) is 2.83. The van der Waals surface area contributed by atoms with E-state index in [0.717, 1.165) is 30.1 Å². The molecule has 1 unspecified atom stereocenters. The molecule has 3 aromatic carbocycles. The lowest BCUT2D eigenvalue weighted by Gasteiger charge is -2.13. The van der Waals surface area contributed by atoms with E-state index >= 15 is 0 Å². The van der Waals surface area contributed by atoms with Crippen LogP contribution >= 0.6 is 11.8 Å². The Morgan fingerprint density at radius 2 is 1.85 bits per heavy atom. The molecule has 0 aliphatic carbocycles. The molecule has 0 aromatic heterocycles. The lowest BCUT2D eigenvalue weighted by atomic mass is 10.2. The molecule has 1 atom stereocenters.